The van der Waals surface area contributed by atoms with Crippen LogP contribution in [0.5, 0.6) is 0 Å². The second kappa shape index (κ2) is 27.0. The zero-order valence-corrected chi connectivity index (χ0v) is 46.7. The molecule has 76 heavy (non-hydrogen) atoms. The van der Waals surface area contributed by atoms with Gasteiger partial charge in [-0.05, 0) is 146 Å². The predicted molar refractivity (Wildman–Crippen MR) is 298 cm³/mol. The van der Waals surface area contributed by atoms with Gasteiger partial charge in [-0.25, -0.2) is 14.8 Å². The van der Waals surface area contributed by atoms with Crippen molar-refractivity contribution in [3.63, 3.8) is 0 Å². The molecule has 0 radical (unpaired) electrons. The lowest BCUT2D eigenvalue weighted by atomic mass is 9.83. The number of ether oxygens (including phenoxy) is 2. The van der Waals surface area contributed by atoms with E-state index in [1.165, 1.54) is 43.1 Å². The minimum absolute atomic E-state index is 0.108. The van der Waals surface area contributed by atoms with Crippen LogP contribution in [0.4, 0.5) is 10.6 Å². The van der Waals surface area contributed by atoms with E-state index in [0.29, 0.717) is 75.4 Å². The summed E-state index contributed by atoms with van der Waals surface area (Å²) in [5.74, 6) is 2.33. The number of carbonyl (C=O) groups is 5. The highest BCUT2D eigenvalue weighted by atomic mass is 35.5. The lowest BCUT2D eigenvalue weighted by Crippen LogP contribution is -2.64. The molecule has 3 aliphatic carbocycles. The Hall–Kier alpha value is -5.74. The van der Waals surface area contributed by atoms with Gasteiger partial charge >= 0.3 is 6.09 Å². The minimum Gasteiger partial charge on any atom is -0.444 e. The van der Waals surface area contributed by atoms with Crippen molar-refractivity contribution in [3.8, 4) is 0 Å². The van der Waals surface area contributed by atoms with Crippen LogP contribution in [0.3, 0.4) is 0 Å². The van der Waals surface area contributed by atoms with Crippen molar-refractivity contribution in [1.82, 2.24) is 41.1 Å². The molecule has 5 aliphatic rings. The lowest BCUT2D eigenvalue weighted by Gasteiger charge is -2.42. The van der Waals surface area contributed by atoms with Crippen molar-refractivity contribution in [1.29, 1.82) is 0 Å². The monoisotopic (exact) mass is 1070 g/mol. The largest absolute Gasteiger partial charge is 0.444 e. The van der Waals surface area contributed by atoms with E-state index in [2.05, 4.69) is 77.2 Å². The van der Waals surface area contributed by atoms with Crippen LogP contribution in [0.1, 0.15) is 160 Å². The summed E-state index contributed by atoms with van der Waals surface area (Å²) in [5, 5.41) is 13.4. The number of carbonyl (C=O) groups excluding carboxylic acids is 5. The van der Waals surface area contributed by atoms with E-state index >= 15 is 0 Å². The third-order valence-corrected chi connectivity index (χ3v) is 16.1. The Bertz CT molecular complexity index is 2530. The first kappa shape index (κ1) is 58.0. The second-order valence-corrected chi connectivity index (χ2v) is 22.8. The fraction of sp³-hybridized carbons (Fsp3) is 0.610. The maximum Gasteiger partial charge on any atom is 0.408 e. The third kappa shape index (κ3) is 15.5. The number of nitrogens with zero attached hydrogens (tertiary/aromatic N) is 4. The van der Waals surface area contributed by atoms with Crippen molar-refractivity contribution < 1.29 is 33.4 Å². The molecule has 17 heteroatoms. The first-order chi connectivity index (χ1) is 36.7. The van der Waals surface area contributed by atoms with E-state index in [1.807, 2.05) is 38.2 Å². The Morgan fingerprint density at radius 1 is 0.908 bits per heavy atom. The molecule has 5 amide bonds. The third-order valence-electron chi connectivity index (χ3n) is 15.8. The number of H-pyrrole nitrogens is 1. The van der Waals surface area contributed by atoms with Crippen molar-refractivity contribution in [2.45, 2.75) is 167 Å². The van der Waals surface area contributed by atoms with E-state index in [0.717, 1.165) is 92.8 Å². The van der Waals surface area contributed by atoms with Crippen LogP contribution in [0, 0.1) is 24.2 Å². The smallest absolute Gasteiger partial charge is 0.408 e. The number of likely N-dealkylation sites (tertiary alicyclic amines) is 1. The average molecular weight is 1070 g/mol. The lowest BCUT2D eigenvalue weighted by molar-refractivity contribution is -0.136. The van der Waals surface area contributed by atoms with Crippen molar-refractivity contribution in [2.24, 2.45) is 17.3 Å². The van der Waals surface area contributed by atoms with Gasteiger partial charge in [-0.15, -0.1) is 0 Å². The van der Waals surface area contributed by atoms with Gasteiger partial charge < -0.3 is 45.5 Å². The Labute approximate surface area is 455 Å². The summed E-state index contributed by atoms with van der Waals surface area (Å²) < 4.78 is 11.6. The maximum atomic E-state index is 14.4. The van der Waals surface area contributed by atoms with Crippen LogP contribution in [0.2, 0.25) is 5.02 Å². The quantitative estimate of drug-likeness (QED) is 0.0419. The summed E-state index contributed by atoms with van der Waals surface area (Å²) >= 11 is 6.22. The number of unbranched alkanes of at least 4 members (excludes halogenated alkanes) is 2. The van der Waals surface area contributed by atoms with Crippen molar-refractivity contribution >= 4 is 58.7 Å². The normalized spacial score (nSPS) is 21.5. The number of aromatic nitrogens is 3. The molecule has 4 heterocycles. The van der Waals surface area contributed by atoms with Gasteiger partial charge in [-0.1, -0.05) is 86.7 Å². The van der Waals surface area contributed by atoms with E-state index in [-0.39, 0.29) is 23.1 Å². The Morgan fingerprint density at radius 3 is 2.33 bits per heavy atom. The molecule has 0 spiro atoms. The number of piperidine rings is 2. The standard InChI is InChI=1S/C40H57ClN8O6.C17H21NO.C2H6/c1-39(2,3)55-38(53)48-40(18-22-49(23-19-40)35-31-16-21-42-34(31)44-26-45-35)37(52)47-32(28-12-14-30(41)15-13-28)17-25-54-24-9-5-8-20-43-36(51)33(46-27-50)29-10-6-4-7-11-29;1-12-4-2-5-13(8-12)14-6-3-7-18(11-14)16(19)17-9-15(17)10-17;1-2/h12-16,21,26-27,29,32-33H,4-11,17-20,22-25H2,1-3H3,(H,43,51)(H,46,50)(H,47,52)(H,48,53)(H,42,44,45);2,4-5,8,14-15H,3,6-7,9-11H2,1H3;1-2H3/t32-,33?;;/m0../s1. The number of aryl methyl sites for hydroxylation is 1. The molecule has 3 atom stereocenters. The zero-order valence-electron chi connectivity index (χ0n) is 45.9. The number of hydrogen-bond donors (Lipinski definition) is 5. The number of rotatable bonds is 20. The molecule has 2 unspecified atom stereocenters. The van der Waals surface area contributed by atoms with Gasteiger partial charge in [-0.2, -0.15) is 0 Å². The Kier molecular flexibility index (Phi) is 20.6. The molecule has 0 bridgehead atoms. The van der Waals surface area contributed by atoms with Crippen LogP contribution >= 0.6 is 11.6 Å². The van der Waals surface area contributed by atoms with Gasteiger partial charge in [0.2, 0.25) is 24.1 Å². The van der Waals surface area contributed by atoms with Gasteiger partial charge in [-0.3, -0.25) is 19.2 Å². The highest BCUT2D eigenvalue weighted by Gasteiger charge is 2.75. The van der Waals surface area contributed by atoms with E-state index in [1.54, 1.807) is 32.9 Å². The number of halogens is 1. The molecule has 5 fully saturated rings. The number of aromatic amines is 1. The van der Waals surface area contributed by atoms with Gasteiger partial charge in [0.1, 0.15) is 35.0 Å². The van der Waals surface area contributed by atoms with Crippen LogP contribution in [0.25, 0.3) is 11.0 Å². The zero-order chi connectivity index (χ0) is 54.3. The van der Waals surface area contributed by atoms with E-state index in [4.69, 9.17) is 21.1 Å². The first-order valence-electron chi connectivity index (χ1n) is 28.2. The number of benzene rings is 2. The SMILES string of the molecule is CC.CC(C)(C)OC(=O)NC1(C(=O)N[C@@H](CCOCCCCCNC(=O)C(NC=O)C2CCCCC2)c2ccc(Cl)cc2)CCN(c2ncnc3[nH]ccc23)CC1.Cc1cccc(C2CCCN(C(=O)C34CC3C4)C2)c1. The highest BCUT2D eigenvalue weighted by Crippen LogP contribution is 2.76. The number of amides is 5. The summed E-state index contributed by atoms with van der Waals surface area (Å²) in [6.07, 6.45) is 17.0. The van der Waals surface area contributed by atoms with Gasteiger partial charge in [0.25, 0.3) is 0 Å². The van der Waals surface area contributed by atoms with Crippen LogP contribution in [0.15, 0.2) is 67.1 Å². The van der Waals surface area contributed by atoms with Crippen molar-refractivity contribution in [2.75, 3.05) is 50.8 Å². The van der Waals surface area contributed by atoms with E-state index in [9.17, 15) is 24.0 Å². The molecular weight excluding hydrogens is 982 g/mol. The fourth-order valence-electron chi connectivity index (χ4n) is 11.3. The topological polar surface area (TPSA) is 200 Å². The Balaban J connectivity index is 0.000000329. The number of fused-ring (bicyclic) bond motifs is 2. The number of anilines is 1. The van der Waals surface area contributed by atoms with Crippen LogP contribution in [-0.2, 0) is 28.7 Å². The van der Waals surface area contributed by atoms with Crippen molar-refractivity contribution in [3.05, 3.63) is 88.8 Å². The number of hydrogen-bond acceptors (Lipinski definition) is 10. The molecule has 2 aromatic carbocycles. The predicted octanol–water partition coefficient (Wildman–Crippen LogP) is 9.86. The molecule has 2 saturated heterocycles. The average Bonchev–Trinajstić information content (AvgIpc) is 4.43. The number of alkyl carbamates (subject to hydrolysis) is 1. The summed E-state index contributed by atoms with van der Waals surface area (Å²) in [7, 11) is 0. The Morgan fingerprint density at radius 2 is 1.64 bits per heavy atom. The summed E-state index contributed by atoms with van der Waals surface area (Å²) in [5.41, 5.74) is 2.51. The minimum atomic E-state index is -1.23. The summed E-state index contributed by atoms with van der Waals surface area (Å²) in [6, 6.07) is 17.2. The molecule has 3 saturated carbocycles. The van der Waals surface area contributed by atoms with Crippen LogP contribution < -0.4 is 26.2 Å². The molecule has 2 aromatic heterocycles. The van der Waals surface area contributed by atoms with Gasteiger partial charge in [0, 0.05) is 63.1 Å². The molecule has 4 aromatic rings. The number of nitrogens with one attached hydrogen (secondary N) is 5. The molecule has 5 N–H and O–H groups in total. The molecule has 9 rings (SSSR count). The first-order valence-corrected chi connectivity index (χ1v) is 28.6. The molecular formula is C59H84ClN9O7. The molecule has 16 nitrogen and oxygen atoms in total. The molecule has 2 aliphatic heterocycles. The highest BCUT2D eigenvalue weighted by molar-refractivity contribution is 6.30. The molecule has 414 valence electrons. The van der Waals surface area contributed by atoms with Gasteiger partial charge in [0.15, 0.2) is 0 Å². The fourth-order valence-corrected chi connectivity index (χ4v) is 11.4. The summed E-state index contributed by atoms with van der Waals surface area (Å²) in [4.78, 5) is 80.2. The van der Waals surface area contributed by atoms with E-state index < -0.39 is 29.3 Å². The van der Waals surface area contributed by atoms with Gasteiger partial charge in [0.05, 0.1) is 16.8 Å². The maximum absolute atomic E-state index is 14.4. The van der Waals surface area contributed by atoms with Crippen LogP contribution in [-0.4, -0.2) is 113 Å². The summed E-state index contributed by atoms with van der Waals surface area (Å²) in [6.45, 7) is 15.8. The second-order valence-electron chi connectivity index (χ2n) is 22.4.